The molecule has 17 heavy (non-hydrogen) atoms. The summed E-state index contributed by atoms with van der Waals surface area (Å²) < 4.78 is 0. The van der Waals surface area contributed by atoms with Gasteiger partial charge in [-0.3, -0.25) is 0 Å². The standard InChI is InChI=1S/C14H18O2S/c1-2-3-8-17-13-9-12(15)10-6-4-5-7-11(10)14(13)16/h4-5,9,15-16H,2-3,6-8H2,1H3. The maximum atomic E-state index is 10.2. The third kappa shape index (κ3) is 2.60. The molecule has 2 rings (SSSR count). The molecule has 0 bridgehead atoms. The van der Waals surface area contributed by atoms with Crippen molar-refractivity contribution in [1.29, 1.82) is 0 Å². The summed E-state index contributed by atoms with van der Waals surface area (Å²) in [4.78, 5) is 0.810. The largest absolute Gasteiger partial charge is 0.508 e. The Morgan fingerprint density at radius 3 is 2.59 bits per heavy atom. The molecule has 0 spiro atoms. The van der Waals surface area contributed by atoms with Crippen molar-refractivity contribution in [3.05, 3.63) is 29.3 Å². The number of rotatable bonds is 4. The molecule has 0 saturated heterocycles. The van der Waals surface area contributed by atoms with Crippen molar-refractivity contribution in [2.75, 3.05) is 5.75 Å². The van der Waals surface area contributed by atoms with Crippen molar-refractivity contribution in [1.82, 2.24) is 0 Å². The van der Waals surface area contributed by atoms with Gasteiger partial charge in [0.15, 0.2) is 0 Å². The molecule has 2 N–H and O–H groups in total. The summed E-state index contributed by atoms with van der Waals surface area (Å²) in [5.41, 5.74) is 1.77. The predicted octanol–water partition coefficient (Wildman–Crippen LogP) is 3.64. The van der Waals surface area contributed by atoms with Crippen LogP contribution in [-0.2, 0) is 12.8 Å². The first-order valence-electron chi connectivity index (χ1n) is 6.08. The third-order valence-corrected chi connectivity index (χ3v) is 4.14. The van der Waals surface area contributed by atoms with E-state index in [0.717, 1.165) is 41.0 Å². The molecule has 0 amide bonds. The fourth-order valence-electron chi connectivity index (χ4n) is 2.01. The Bertz CT molecular complexity index is 438. The highest BCUT2D eigenvalue weighted by Crippen LogP contribution is 2.40. The number of hydrogen-bond acceptors (Lipinski definition) is 3. The molecule has 0 atom stereocenters. The molecule has 2 nitrogen and oxygen atoms in total. The Morgan fingerprint density at radius 1 is 1.18 bits per heavy atom. The minimum absolute atomic E-state index is 0.321. The maximum absolute atomic E-state index is 10.2. The fraction of sp³-hybridized carbons (Fsp3) is 0.429. The molecule has 0 aliphatic heterocycles. The van der Waals surface area contributed by atoms with E-state index in [1.54, 1.807) is 17.8 Å². The monoisotopic (exact) mass is 250 g/mol. The summed E-state index contributed by atoms with van der Waals surface area (Å²) in [6.45, 7) is 2.15. The lowest BCUT2D eigenvalue weighted by Crippen LogP contribution is -1.99. The van der Waals surface area contributed by atoms with Gasteiger partial charge in [0.1, 0.15) is 11.5 Å². The Morgan fingerprint density at radius 2 is 1.88 bits per heavy atom. The molecule has 1 aliphatic rings. The summed E-state index contributed by atoms with van der Waals surface area (Å²) in [5.74, 6) is 1.67. The Kier molecular flexibility index (Phi) is 4.00. The van der Waals surface area contributed by atoms with E-state index in [1.807, 2.05) is 12.2 Å². The van der Waals surface area contributed by atoms with E-state index < -0.39 is 0 Å². The molecule has 0 unspecified atom stereocenters. The summed E-state index contributed by atoms with van der Waals surface area (Å²) in [5, 5.41) is 20.2. The van der Waals surface area contributed by atoms with Crippen LogP contribution in [0.25, 0.3) is 0 Å². The molecule has 1 aromatic carbocycles. The first-order valence-corrected chi connectivity index (χ1v) is 7.07. The van der Waals surface area contributed by atoms with Gasteiger partial charge < -0.3 is 10.2 Å². The number of thioether (sulfide) groups is 1. The van der Waals surface area contributed by atoms with Crippen LogP contribution in [0.2, 0.25) is 0 Å². The molecular weight excluding hydrogens is 232 g/mol. The van der Waals surface area contributed by atoms with Gasteiger partial charge in [0.25, 0.3) is 0 Å². The smallest absolute Gasteiger partial charge is 0.133 e. The molecular formula is C14H18O2S. The van der Waals surface area contributed by atoms with Gasteiger partial charge in [-0.2, -0.15) is 0 Å². The average Bonchev–Trinajstić information content (AvgIpc) is 2.36. The van der Waals surface area contributed by atoms with Crippen LogP contribution in [0, 0.1) is 0 Å². The lowest BCUT2D eigenvalue weighted by Gasteiger charge is -2.17. The van der Waals surface area contributed by atoms with Crippen molar-refractivity contribution in [2.45, 2.75) is 37.5 Å². The van der Waals surface area contributed by atoms with Gasteiger partial charge in [-0.1, -0.05) is 25.5 Å². The van der Waals surface area contributed by atoms with Gasteiger partial charge in [0.2, 0.25) is 0 Å². The molecule has 0 radical (unpaired) electrons. The molecule has 0 saturated carbocycles. The molecule has 92 valence electrons. The number of aromatic hydroxyl groups is 2. The summed E-state index contributed by atoms with van der Waals surface area (Å²) >= 11 is 1.62. The quantitative estimate of drug-likeness (QED) is 0.371. The van der Waals surface area contributed by atoms with Crippen molar-refractivity contribution in [3.63, 3.8) is 0 Å². The first kappa shape index (κ1) is 12.4. The van der Waals surface area contributed by atoms with Gasteiger partial charge >= 0.3 is 0 Å². The third-order valence-electron chi connectivity index (χ3n) is 3.03. The first-order chi connectivity index (χ1) is 8.24. The molecule has 3 heteroatoms. The molecule has 1 aromatic rings. The van der Waals surface area contributed by atoms with E-state index in [-0.39, 0.29) is 0 Å². The molecule has 0 aromatic heterocycles. The normalized spacial score (nSPS) is 13.7. The van der Waals surface area contributed by atoms with Crippen molar-refractivity contribution in [2.24, 2.45) is 0 Å². The minimum Gasteiger partial charge on any atom is -0.508 e. The number of hydrogen-bond donors (Lipinski definition) is 2. The summed E-state index contributed by atoms with van der Waals surface area (Å²) in [6.07, 6.45) is 7.79. The SMILES string of the molecule is CCCCSc1cc(O)c2c(c1O)CC=CC2. The van der Waals surface area contributed by atoms with Crippen LogP contribution >= 0.6 is 11.8 Å². The topological polar surface area (TPSA) is 40.5 Å². The van der Waals surface area contributed by atoms with E-state index in [0.29, 0.717) is 17.9 Å². The van der Waals surface area contributed by atoms with Gasteiger partial charge in [0, 0.05) is 11.1 Å². The van der Waals surface area contributed by atoms with Crippen molar-refractivity contribution < 1.29 is 10.2 Å². The van der Waals surface area contributed by atoms with Gasteiger partial charge in [-0.05, 0) is 31.1 Å². The second kappa shape index (κ2) is 5.50. The van der Waals surface area contributed by atoms with E-state index in [4.69, 9.17) is 0 Å². The number of allylic oxidation sites excluding steroid dienone is 2. The van der Waals surface area contributed by atoms with Crippen molar-refractivity contribution >= 4 is 11.8 Å². The predicted molar refractivity (Wildman–Crippen MR) is 72.0 cm³/mol. The van der Waals surface area contributed by atoms with Crippen LogP contribution < -0.4 is 0 Å². The van der Waals surface area contributed by atoms with Crippen LogP contribution in [0.3, 0.4) is 0 Å². The maximum Gasteiger partial charge on any atom is 0.133 e. The second-order valence-electron chi connectivity index (χ2n) is 4.28. The van der Waals surface area contributed by atoms with Crippen LogP contribution in [-0.4, -0.2) is 16.0 Å². The number of phenolic OH excluding ortho intramolecular Hbond substituents is 2. The fourth-order valence-corrected chi connectivity index (χ4v) is 3.12. The van der Waals surface area contributed by atoms with Crippen LogP contribution in [0.5, 0.6) is 11.5 Å². The highest BCUT2D eigenvalue weighted by Gasteiger charge is 2.17. The van der Waals surface area contributed by atoms with Crippen molar-refractivity contribution in [3.8, 4) is 11.5 Å². The zero-order valence-electron chi connectivity index (χ0n) is 10.1. The summed E-state index contributed by atoms with van der Waals surface area (Å²) in [6, 6.07) is 1.70. The molecule has 0 fully saturated rings. The van der Waals surface area contributed by atoms with Crippen LogP contribution in [0.15, 0.2) is 23.1 Å². The minimum atomic E-state index is 0.321. The Balaban J connectivity index is 2.27. The zero-order chi connectivity index (χ0) is 12.3. The molecule has 1 aliphatic carbocycles. The molecule has 0 heterocycles. The number of fused-ring (bicyclic) bond motifs is 1. The van der Waals surface area contributed by atoms with Crippen LogP contribution in [0.1, 0.15) is 30.9 Å². The van der Waals surface area contributed by atoms with E-state index in [9.17, 15) is 10.2 Å². The van der Waals surface area contributed by atoms with E-state index >= 15 is 0 Å². The number of unbranched alkanes of at least 4 members (excludes halogenated alkanes) is 1. The van der Waals surface area contributed by atoms with Gasteiger partial charge in [0.05, 0.1) is 4.90 Å². The Labute approximate surface area is 106 Å². The lowest BCUT2D eigenvalue weighted by atomic mass is 9.95. The lowest BCUT2D eigenvalue weighted by molar-refractivity contribution is 0.438. The summed E-state index contributed by atoms with van der Waals surface area (Å²) in [7, 11) is 0. The Hall–Kier alpha value is -1.09. The number of phenols is 2. The van der Waals surface area contributed by atoms with Crippen LogP contribution in [0.4, 0.5) is 0 Å². The second-order valence-corrected chi connectivity index (χ2v) is 5.42. The number of benzene rings is 1. The average molecular weight is 250 g/mol. The van der Waals surface area contributed by atoms with E-state index in [2.05, 4.69) is 6.92 Å². The highest BCUT2D eigenvalue weighted by molar-refractivity contribution is 7.99. The van der Waals surface area contributed by atoms with E-state index in [1.165, 1.54) is 0 Å². The van der Waals surface area contributed by atoms with Gasteiger partial charge in [-0.15, -0.1) is 11.8 Å². The van der Waals surface area contributed by atoms with Gasteiger partial charge in [-0.25, -0.2) is 0 Å². The highest BCUT2D eigenvalue weighted by atomic mass is 32.2. The zero-order valence-corrected chi connectivity index (χ0v) is 10.9.